The highest BCUT2D eigenvalue weighted by Gasteiger charge is 2.13. The molecular weight excluding hydrogens is 336 g/mol. The van der Waals surface area contributed by atoms with Gasteiger partial charge in [0.15, 0.2) is 17.1 Å². The van der Waals surface area contributed by atoms with Crippen LogP contribution >= 0.6 is 0 Å². The van der Waals surface area contributed by atoms with Gasteiger partial charge in [-0.3, -0.25) is 9.78 Å². The van der Waals surface area contributed by atoms with E-state index in [4.69, 9.17) is 13.9 Å². The number of fused-ring (bicyclic) bond motifs is 1. The maximum Gasteiger partial charge on any atom is 0.417 e. The van der Waals surface area contributed by atoms with Crippen LogP contribution in [0.2, 0.25) is 0 Å². The molecule has 0 aliphatic heterocycles. The van der Waals surface area contributed by atoms with Gasteiger partial charge in [-0.1, -0.05) is 6.92 Å². The highest BCUT2D eigenvalue weighted by Crippen LogP contribution is 2.29. The molecule has 0 radical (unpaired) electrons. The SMILES string of the molecule is CCCOc1ccc(C(=O)Nc2ccc3oc(=O)[nH]c3c2)cc1OCC. The van der Waals surface area contributed by atoms with Gasteiger partial charge in [-0.25, -0.2) is 4.79 Å². The molecule has 1 heterocycles. The summed E-state index contributed by atoms with van der Waals surface area (Å²) in [5, 5.41) is 2.79. The molecular formula is C19H20N2O5. The number of amides is 1. The summed E-state index contributed by atoms with van der Waals surface area (Å²) in [6.45, 7) is 4.94. The molecule has 0 saturated carbocycles. The second kappa shape index (κ2) is 7.77. The third-order valence-electron chi connectivity index (χ3n) is 3.64. The fourth-order valence-corrected chi connectivity index (χ4v) is 2.48. The number of hydrogen-bond donors (Lipinski definition) is 2. The van der Waals surface area contributed by atoms with Crippen LogP contribution in [0, 0.1) is 0 Å². The van der Waals surface area contributed by atoms with E-state index >= 15 is 0 Å². The van der Waals surface area contributed by atoms with Crippen molar-refractivity contribution in [3.8, 4) is 11.5 Å². The van der Waals surface area contributed by atoms with Crippen LogP contribution in [0.4, 0.5) is 5.69 Å². The summed E-state index contributed by atoms with van der Waals surface area (Å²) in [6.07, 6.45) is 0.881. The van der Waals surface area contributed by atoms with E-state index in [-0.39, 0.29) is 5.91 Å². The van der Waals surface area contributed by atoms with Crippen LogP contribution in [0.15, 0.2) is 45.6 Å². The van der Waals surface area contributed by atoms with Gasteiger partial charge < -0.3 is 19.2 Å². The van der Waals surface area contributed by atoms with Gasteiger partial charge in [0.25, 0.3) is 5.91 Å². The number of carbonyl (C=O) groups excluding carboxylic acids is 1. The molecule has 136 valence electrons. The van der Waals surface area contributed by atoms with Crippen molar-refractivity contribution in [3.05, 3.63) is 52.5 Å². The van der Waals surface area contributed by atoms with Gasteiger partial charge >= 0.3 is 5.76 Å². The minimum absolute atomic E-state index is 0.293. The number of anilines is 1. The minimum Gasteiger partial charge on any atom is -0.490 e. The lowest BCUT2D eigenvalue weighted by atomic mass is 10.1. The number of H-pyrrole nitrogens is 1. The Morgan fingerprint density at radius 1 is 1.12 bits per heavy atom. The van der Waals surface area contributed by atoms with E-state index in [1.807, 2.05) is 13.8 Å². The molecule has 1 amide bonds. The van der Waals surface area contributed by atoms with Gasteiger partial charge in [-0.05, 0) is 49.7 Å². The minimum atomic E-state index is -0.535. The van der Waals surface area contributed by atoms with Crippen molar-refractivity contribution in [2.24, 2.45) is 0 Å². The highest BCUT2D eigenvalue weighted by atomic mass is 16.5. The van der Waals surface area contributed by atoms with E-state index in [2.05, 4.69) is 10.3 Å². The number of hydrogen-bond acceptors (Lipinski definition) is 5. The van der Waals surface area contributed by atoms with Gasteiger partial charge in [0, 0.05) is 11.3 Å². The van der Waals surface area contributed by atoms with E-state index in [0.29, 0.717) is 47.1 Å². The maximum atomic E-state index is 12.5. The van der Waals surface area contributed by atoms with Gasteiger partial charge in [-0.15, -0.1) is 0 Å². The summed E-state index contributed by atoms with van der Waals surface area (Å²) in [7, 11) is 0. The monoisotopic (exact) mass is 356 g/mol. The topological polar surface area (TPSA) is 93.6 Å². The van der Waals surface area contributed by atoms with Crippen molar-refractivity contribution in [1.29, 1.82) is 0 Å². The Morgan fingerprint density at radius 2 is 1.96 bits per heavy atom. The average molecular weight is 356 g/mol. The molecule has 26 heavy (non-hydrogen) atoms. The number of aromatic amines is 1. The number of carbonyl (C=O) groups is 1. The van der Waals surface area contributed by atoms with Crippen molar-refractivity contribution in [3.63, 3.8) is 0 Å². The normalized spacial score (nSPS) is 10.7. The van der Waals surface area contributed by atoms with Crippen LogP contribution in [0.5, 0.6) is 11.5 Å². The number of rotatable bonds is 7. The molecule has 7 heteroatoms. The fraction of sp³-hybridized carbons (Fsp3) is 0.263. The Hall–Kier alpha value is -3.22. The Labute approximate surface area is 149 Å². The third kappa shape index (κ3) is 3.88. The molecule has 0 atom stereocenters. The fourth-order valence-electron chi connectivity index (χ4n) is 2.48. The molecule has 0 aliphatic rings. The second-order valence-corrected chi connectivity index (χ2v) is 5.62. The first-order valence-electron chi connectivity index (χ1n) is 8.44. The second-order valence-electron chi connectivity index (χ2n) is 5.62. The molecule has 0 spiro atoms. The van der Waals surface area contributed by atoms with Crippen LogP contribution < -0.4 is 20.5 Å². The summed E-state index contributed by atoms with van der Waals surface area (Å²) in [6, 6.07) is 9.99. The van der Waals surface area contributed by atoms with Crippen LogP contribution in [0.25, 0.3) is 11.1 Å². The van der Waals surface area contributed by atoms with Crippen LogP contribution in [-0.2, 0) is 0 Å². The Bertz CT molecular complexity index is 973. The molecule has 0 unspecified atom stereocenters. The van der Waals surface area contributed by atoms with E-state index in [9.17, 15) is 9.59 Å². The first-order chi connectivity index (χ1) is 12.6. The Morgan fingerprint density at radius 3 is 2.73 bits per heavy atom. The highest BCUT2D eigenvalue weighted by molar-refractivity contribution is 6.05. The lowest BCUT2D eigenvalue weighted by molar-refractivity contribution is 0.102. The van der Waals surface area contributed by atoms with E-state index in [1.54, 1.807) is 36.4 Å². The predicted molar refractivity (Wildman–Crippen MR) is 98.2 cm³/mol. The molecule has 3 aromatic rings. The van der Waals surface area contributed by atoms with Gasteiger partial charge in [0.1, 0.15) is 0 Å². The zero-order valence-electron chi connectivity index (χ0n) is 14.6. The van der Waals surface area contributed by atoms with Crippen molar-refractivity contribution < 1.29 is 18.7 Å². The average Bonchev–Trinajstić information content (AvgIpc) is 3.00. The molecule has 0 saturated heterocycles. The van der Waals surface area contributed by atoms with E-state index in [1.165, 1.54) is 0 Å². The third-order valence-corrected chi connectivity index (χ3v) is 3.64. The van der Waals surface area contributed by atoms with Gasteiger partial charge in [-0.2, -0.15) is 0 Å². The molecule has 0 bridgehead atoms. The quantitative estimate of drug-likeness (QED) is 0.675. The van der Waals surface area contributed by atoms with E-state index < -0.39 is 5.76 Å². The standard InChI is InChI=1S/C19H20N2O5/c1-3-9-25-16-7-5-12(10-17(16)24-4-2)18(22)20-13-6-8-15-14(11-13)21-19(23)26-15/h5-8,10-11H,3-4,9H2,1-2H3,(H,20,22)(H,21,23). The van der Waals surface area contributed by atoms with Crippen molar-refractivity contribution >= 4 is 22.7 Å². The number of aromatic nitrogens is 1. The van der Waals surface area contributed by atoms with Gasteiger partial charge in [0.05, 0.1) is 18.7 Å². The first-order valence-corrected chi connectivity index (χ1v) is 8.44. The molecule has 3 rings (SSSR count). The molecule has 2 N–H and O–H groups in total. The zero-order chi connectivity index (χ0) is 18.5. The summed E-state index contributed by atoms with van der Waals surface area (Å²) < 4.78 is 16.2. The van der Waals surface area contributed by atoms with Crippen molar-refractivity contribution in [2.45, 2.75) is 20.3 Å². The summed E-state index contributed by atoms with van der Waals surface area (Å²) in [5.41, 5.74) is 1.94. The lowest BCUT2D eigenvalue weighted by Crippen LogP contribution is -2.12. The predicted octanol–water partition coefficient (Wildman–Crippen LogP) is 3.56. The van der Waals surface area contributed by atoms with Gasteiger partial charge in [0.2, 0.25) is 0 Å². The smallest absolute Gasteiger partial charge is 0.417 e. The molecule has 2 aromatic carbocycles. The zero-order valence-corrected chi connectivity index (χ0v) is 14.6. The summed E-state index contributed by atoms with van der Waals surface area (Å²) in [4.78, 5) is 26.3. The van der Waals surface area contributed by atoms with Crippen LogP contribution in [0.1, 0.15) is 30.6 Å². The number of nitrogens with one attached hydrogen (secondary N) is 2. The molecule has 0 fully saturated rings. The number of oxazole rings is 1. The lowest BCUT2D eigenvalue weighted by Gasteiger charge is -2.13. The van der Waals surface area contributed by atoms with Crippen molar-refractivity contribution in [1.82, 2.24) is 4.98 Å². The van der Waals surface area contributed by atoms with Crippen LogP contribution in [0.3, 0.4) is 0 Å². The largest absolute Gasteiger partial charge is 0.490 e. The first kappa shape index (κ1) is 17.6. The van der Waals surface area contributed by atoms with Crippen molar-refractivity contribution in [2.75, 3.05) is 18.5 Å². The number of benzene rings is 2. The Kier molecular flexibility index (Phi) is 5.26. The number of ether oxygens (including phenoxy) is 2. The van der Waals surface area contributed by atoms with Crippen LogP contribution in [-0.4, -0.2) is 24.1 Å². The molecule has 0 aliphatic carbocycles. The Balaban J connectivity index is 1.81. The molecule has 1 aromatic heterocycles. The molecule has 7 nitrogen and oxygen atoms in total. The maximum absolute atomic E-state index is 12.5. The van der Waals surface area contributed by atoms with E-state index in [0.717, 1.165) is 6.42 Å². The summed E-state index contributed by atoms with van der Waals surface area (Å²) >= 11 is 0. The summed E-state index contributed by atoms with van der Waals surface area (Å²) in [5.74, 6) is 0.316.